The predicted molar refractivity (Wildman–Crippen MR) is 30.6 cm³/mol. The van der Waals surface area contributed by atoms with Gasteiger partial charge >= 0.3 is 457 Å². The van der Waals surface area contributed by atoms with Crippen LogP contribution in [-0.4, -0.2) is 82.5 Å². The Morgan fingerprint density at radius 3 is 0.180 bits per heavy atom. The van der Waals surface area contributed by atoms with Crippen LogP contribution in [0.5, 0.6) is 0 Å². The van der Waals surface area contributed by atoms with Crippen LogP contribution in [0.3, 0.4) is 0 Å². The van der Waals surface area contributed by atoms with Crippen molar-refractivity contribution >= 4 is 82.5 Å². The maximum Gasteiger partial charge on any atom is 4.00 e. The largest absolute Gasteiger partial charge is 4.00 e. The summed E-state index contributed by atoms with van der Waals surface area (Å²) in [5.74, 6) is 0. The molecule has 0 aliphatic carbocycles. The van der Waals surface area contributed by atoms with Gasteiger partial charge < -0.3 is 0 Å². The van der Waals surface area contributed by atoms with Crippen molar-refractivity contribution in [2.45, 2.75) is 0 Å². The average molecular weight is 1530 g/mol. The Labute approximate surface area is 447 Å². The Hall–Kier alpha value is 9.21. The van der Waals surface area contributed by atoms with E-state index in [0.717, 1.165) is 0 Å². The molecule has 264 valence electrons. The summed E-state index contributed by atoms with van der Waals surface area (Å²) in [7, 11) is 0. The molecule has 0 aromatic heterocycles. The molecule has 0 aromatic rings. The molecule has 0 bridgehead atoms. The minimum absolute atomic E-state index is 0. The van der Waals surface area contributed by atoms with E-state index in [1.165, 1.54) is 0 Å². The van der Waals surface area contributed by atoms with Gasteiger partial charge in [-0.3, -0.25) is 0 Å². The van der Waals surface area contributed by atoms with Crippen LogP contribution in [-0.2, 0) is 294 Å². The molecular weight excluding hydrogens is 1530 g/mol. The van der Waals surface area contributed by atoms with Crippen molar-refractivity contribution in [2.24, 2.45) is 0 Å². The summed E-state index contributed by atoms with van der Waals surface area (Å²) in [6.07, 6.45) is 0. The molecule has 0 heterocycles. The Kier molecular flexibility index (Phi) is 241. The molecule has 0 amide bonds. The maximum absolute atomic E-state index is 8.58. The maximum atomic E-state index is 8.58. The summed E-state index contributed by atoms with van der Waals surface area (Å²) in [5.41, 5.74) is 0. The van der Waals surface area contributed by atoms with Gasteiger partial charge in [0.25, 0.3) is 0 Å². The summed E-state index contributed by atoms with van der Waals surface area (Å²) >= 11 is -44.9. The van der Waals surface area contributed by atoms with E-state index >= 15 is 0 Å². The first-order chi connectivity index (χ1) is 19.1. The van der Waals surface area contributed by atoms with E-state index in [1.54, 1.807) is 0 Å². The molecule has 0 fully saturated rings. The van der Waals surface area contributed by atoms with Gasteiger partial charge in [-0.15, -0.1) is 0 Å². The zero-order chi connectivity index (χ0) is 39.4. The third-order valence-corrected chi connectivity index (χ3v) is 0. The fourth-order valence-electron chi connectivity index (χ4n) is 0. The summed E-state index contributed by atoms with van der Waals surface area (Å²) in [5, 5.41) is 0. The van der Waals surface area contributed by atoms with Crippen molar-refractivity contribution in [3.05, 3.63) is 0 Å². The molecule has 0 rings (SSSR count). The van der Waals surface area contributed by atoms with E-state index in [4.69, 9.17) is 118 Å². The fraction of sp³-hybridized carbons (Fsp3) is 0. The van der Waals surface area contributed by atoms with Crippen molar-refractivity contribution in [1.82, 2.24) is 0 Å². The molecule has 0 aliphatic heterocycles. The summed E-state index contributed by atoms with van der Waals surface area (Å²) in [6.45, 7) is 0. The van der Waals surface area contributed by atoms with Crippen LogP contribution in [0.25, 0.3) is 0 Å². The minimum atomic E-state index is -4.08. The van der Waals surface area contributed by atoms with Crippen LogP contribution in [0, 0.1) is 0 Å². The molecule has 0 aliphatic rings. The predicted octanol–water partition coefficient (Wildman–Crippen LogP) is -29.0. The SMILES string of the molecule is [Al+3].[Al+3].[O]=[Ti]([O-])[O-].[O]=[Ti]([O-])[O-].[O]=[Ti]([O-])[O-].[O]=[Ti]([O-])[O-].[O]=[Ti]([O-])[O-].[O]=[Ti]([O-])[O-].[O]=[Ti]([O-])[O-].[O]=[Ti]([O-])[O-].[O]=[Ti]([O-])[O-].[O]=[Ti]([O-])[O-].[O]=[Ti]([O-])[O-].[Sn+4].[Sn+4].[Zr+4].[Zr+4]. The second-order valence-electron chi connectivity index (χ2n) is 2.75. The monoisotopic (exact) mass is 1530 g/mol. The van der Waals surface area contributed by atoms with Crippen molar-refractivity contribution in [1.29, 1.82) is 0 Å². The standard InChI is InChI=1S/2Al.33O.2Sn.11Ti.2Zr/q2*+3;;;;;;;;;;;;22*-1;2*+4;;;;;;;;;;;;2*+4. The van der Waals surface area contributed by atoms with Gasteiger partial charge in [0.05, 0.1) is 0 Å². The molecule has 0 atom stereocenters. The Morgan fingerprint density at radius 1 is 0.180 bits per heavy atom. The molecule has 0 aromatic carbocycles. The molecule has 0 N–H and O–H groups in total. The molecule has 0 spiro atoms. The van der Waals surface area contributed by atoms with Gasteiger partial charge in [-0.1, -0.05) is 0 Å². The molecule has 0 radical (unpaired) electrons. The van der Waals surface area contributed by atoms with Gasteiger partial charge in [-0.05, 0) is 0 Å². The smallest absolute Gasteiger partial charge is 4.00 e. The van der Waals surface area contributed by atoms with Gasteiger partial charge in [0.2, 0.25) is 0 Å². The molecule has 0 unspecified atom stereocenters. The zero-order valence-corrected chi connectivity index (χ0v) is 52.2. The van der Waals surface area contributed by atoms with Gasteiger partial charge in [0.1, 0.15) is 0 Å². The first-order valence-corrected chi connectivity index (χ1v) is 27.8. The van der Waals surface area contributed by atoms with Crippen molar-refractivity contribution in [3.8, 4) is 0 Å². The summed E-state index contributed by atoms with van der Waals surface area (Å²) in [6, 6.07) is 0. The van der Waals surface area contributed by atoms with E-state index in [9.17, 15) is 0 Å². The van der Waals surface area contributed by atoms with Crippen LogP contribution in [0.1, 0.15) is 0 Å². The van der Waals surface area contributed by atoms with Crippen molar-refractivity contribution < 1.29 is 375 Å². The Bertz CT molecular complexity index is 553. The Balaban J connectivity index is -0.0000000158. The van der Waals surface area contributed by atoms with E-state index < -0.39 is 205 Å². The van der Waals surface area contributed by atoms with Gasteiger partial charge in [-0.2, -0.15) is 0 Å². The topological polar surface area (TPSA) is 695 Å². The summed E-state index contributed by atoms with van der Waals surface area (Å²) in [4.78, 5) is 0. The fourth-order valence-corrected chi connectivity index (χ4v) is 0. The van der Waals surface area contributed by atoms with Crippen LogP contribution < -0.4 is 81.1 Å². The van der Waals surface area contributed by atoms with E-state index in [-0.39, 0.29) is 135 Å². The first-order valence-electron chi connectivity index (χ1n) is 6.74. The van der Waals surface area contributed by atoms with E-state index in [2.05, 4.69) is 0 Å². The van der Waals surface area contributed by atoms with Crippen molar-refractivity contribution in [3.63, 3.8) is 0 Å². The third kappa shape index (κ3) is 2130. The normalized spacial score (nSPS) is 5.72. The van der Waals surface area contributed by atoms with Crippen LogP contribution in [0.2, 0.25) is 0 Å². The molecule has 0 saturated carbocycles. The van der Waals surface area contributed by atoms with Gasteiger partial charge in [0.15, 0.2) is 0 Å². The molecule has 0 saturated heterocycles. The van der Waals surface area contributed by atoms with E-state index in [1.807, 2.05) is 0 Å². The van der Waals surface area contributed by atoms with Gasteiger partial charge in [0, 0.05) is 0 Å². The van der Waals surface area contributed by atoms with Gasteiger partial charge in [-0.25, -0.2) is 0 Å². The van der Waals surface area contributed by atoms with Crippen LogP contribution in [0.15, 0.2) is 0 Å². The Morgan fingerprint density at radius 2 is 0.180 bits per heavy atom. The second kappa shape index (κ2) is 107. The second-order valence-corrected chi connectivity index (χ2v) is 11.3. The quantitative estimate of drug-likeness (QED) is 0.203. The molecule has 33 nitrogen and oxygen atoms in total. The summed E-state index contributed by atoms with van der Waals surface area (Å²) < 4.78 is 283. The third-order valence-electron chi connectivity index (χ3n) is 0. The zero-order valence-electron chi connectivity index (χ0n) is 22.1. The van der Waals surface area contributed by atoms with Crippen LogP contribution in [0.4, 0.5) is 0 Å². The van der Waals surface area contributed by atoms with E-state index in [0.29, 0.717) is 0 Å². The first kappa shape index (κ1) is 113. The van der Waals surface area contributed by atoms with Crippen LogP contribution >= 0.6 is 0 Å². The number of hydrogen-bond acceptors (Lipinski definition) is 33. The number of hydrogen-bond donors (Lipinski definition) is 0. The average Bonchev–Trinajstić information content (AvgIpc) is 2.55. The molecular formula is Al2O33Sn2Ti11Zr2. The van der Waals surface area contributed by atoms with Crippen molar-refractivity contribution in [2.75, 3.05) is 0 Å². The molecule has 50 heavy (non-hydrogen) atoms. The number of rotatable bonds is 0. The molecule has 50 heteroatoms. The minimum Gasteiger partial charge on any atom is 4.00 e.